The number of β-amino-alcohol motifs (C(OH)–C–C–N with tert-alkyl or cyclic N) is 1. The Kier molecular flexibility index (Phi) is 4.56. The highest BCUT2D eigenvalue weighted by atomic mass is 16.3. The number of nitrogens with one attached hydrogen (secondary N) is 1. The number of amides is 1. The van der Waals surface area contributed by atoms with Crippen molar-refractivity contribution >= 4 is 5.91 Å². The number of fused-ring (bicyclic) bond motifs is 1. The number of likely N-dealkylation sites (tertiary alicyclic amines) is 1. The minimum atomic E-state index is -0.210. The fraction of sp³-hybridized carbons (Fsp3) is 0.588. The van der Waals surface area contributed by atoms with Crippen LogP contribution in [0.15, 0.2) is 24.3 Å². The fourth-order valence-electron chi connectivity index (χ4n) is 3.45. The minimum absolute atomic E-state index is 0.123. The van der Waals surface area contributed by atoms with Crippen LogP contribution in [0.5, 0.6) is 0 Å². The molecular weight excluding hydrogens is 264 g/mol. The Hall–Kier alpha value is -1.39. The summed E-state index contributed by atoms with van der Waals surface area (Å²) in [4.78, 5) is 14.3. The molecule has 3 rings (SSSR count). The molecule has 0 saturated carbocycles. The molecule has 0 spiro atoms. The van der Waals surface area contributed by atoms with Gasteiger partial charge in [-0.1, -0.05) is 24.3 Å². The fourth-order valence-corrected chi connectivity index (χ4v) is 3.45. The Morgan fingerprint density at radius 2 is 2.19 bits per heavy atom. The van der Waals surface area contributed by atoms with Crippen molar-refractivity contribution in [2.45, 2.75) is 44.2 Å². The van der Waals surface area contributed by atoms with Crippen molar-refractivity contribution in [2.75, 3.05) is 19.6 Å². The molecule has 1 aromatic rings. The lowest BCUT2D eigenvalue weighted by molar-refractivity contribution is -0.122. The number of benzene rings is 1. The van der Waals surface area contributed by atoms with Gasteiger partial charge in [0.05, 0.1) is 12.1 Å². The summed E-state index contributed by atoms with van der Waals surface area (Å²) in [6.07, 6.45) is 4.43. The Labute approximate surface area is 126 Å². The molecule has 1 aliphatic heterocycles. The zero-order valence-corrected chi connectivity index (χ0v) is 12.4. The molecule has 2 unspecified atom stereocenters. The highest BCUT2D eigenvalue weighted by Gasteiger charge is 2.23. The summed E-state index contributed by atoms with van der Waals surface area (Å²) in [5.41, 5.74) is 2.66. The second kappa shape index (κ2) is 6.58. The molecule has 1 saturated heterocycles. The smallest absolute Gasteiger partial charge is 0.221 e. The Morgan fingerprint density at radius 1 is 1.33 bits per heavy atom. The van der Waals surface area contributed by atoms with Gasteiger partial charge in [0.25, 0.3) is 0 Å². The van der Waals surface area contributed by atoms with Crippen LogP contribution in [0.1, 0.15) is 42.9 Å². The van der Waals surface area contributed by atoms with Crippen LogP contribution in [0, 0.1) is 0 Å². The monoisotopic (exact) mass is 288 g/mol. The maximum absolute atomic E-state index is 12.2. The van der Waals surface area contributed by atoms with E-state index >= 15 is 0 Å². The van der Waals surface area contributed by atoms with Gasteiger partial charge in [0.1, 0.15) is 0 Å². The summed E-state index contributed by atoms with van der Waals surface area (Å²) in [6.45, 7) is 2.36. The molecule has 1 amide bonds. The number of carbonyl (C=O) groups excluding carboxylic acids is 1. The number of hydrogen-bond acceptors (Lipinski definition) is 3. The van der Waals surface area contributed by atoms with Crippen molar-refractivity contribution in [3.63, 3.8) is 0 Å². The first-order valence-corrected chi connectivity index (χ1v) is 8.00. The van der Waals surface area contributed by atoms with Crippen LogP contribution in [0.3, 0.4) is 0 Å². The number of aryl methyl sites for hydroxylation is 1. The predicted octanol–water partition coefficient (Wildman–Crippen LogP) is 1.64. The minimum Gasteiger partial charge on any atom is -0.392 e. The van der Waals surface area contributed by atoms with Crippen LogP contribution in [0.4, 0.5) is 0 Å². The molecule has 2 aliphatic rings. The Bertz CT molecular complexity index is 503. The highest BCUT2D eigenvalue weighted by Crippen LogP contribution is 2.29. The maximum Gasteiger partial charge on any atom is 0.221 e. The van der Waals surface area contributed by atoms with E-state index in [9.17, 15) is 9.90 Å². The van der Waals surface area contributed by atoms with E-state index in [2.05, 4.69) is 34.5 Å². The lowest BCUT2D eigenvalue weighted by Crippen LogP contribution is -2.34. The molecule has 0 bridgehead atoms. The number of aliphatic hydroxyl groups is 1. The van der Waals surface area contributed by atoms with E-state index in [1.165, 1.54) is 11.1 Å². The quantitative estimate of drug-likeness (QED) is 0.885. The van der Waals surface area contributed by atoms with Crippen LogP contribution in [0.25, 0.3) is 0 Å². The largest absolute Gasteiger partial charge is 0.392 e. The standard InChI is InChI=1S/C17H24N2O2/c20-14-8-10-19(12-14)11-9-17(21)18-16-7-3-5-13-4-1-2-6-15(13)16/h1-2,4,6,14,16,20H,3,5,7-12H2,(H,18,21). The molecule has 21 heavy (non-hydrogen) atoms. The third-order valence-corrected chi connectivity index (χ3v) is 4.61. The average Bonchev–Trinajstić information content (AvgIpc) is 2.91. The SMILES string of the molecule is O=C(CCN1CCC(O)C1)NC1CCCc2ccccc21. The lowest BCUT2D eigenvalue weighted by atomic mass is 9.87. The topological polar surface area (TPSA) is 52.6 Å². The summed E-state index contributed by atoms with van der Waals surface area (Å²) in [6, 6.07) is 8.60. The van der Waals surface area contributed by atoms with E-state index in [1.54, 1.807) is 0 Å². The number of aliphatic hydroxyl groups excluding tert-OH is 1. The van der Waals surface area contributed by atoms with Crippen molar-refractivity contribution in [1.82, 2.24) is 10.2 Å². The molecule has 1 fully saturated rings. The maximum atomic E-state index is 12.2. The second-order valence-corrected chi connectivity index (χ2v) is 6.20. The van der Waals surface area contributed by atoms with Crippen LogP contribution in [-0.2, 0) is 11.2 Å². The van der Waals surface area contributed by atoms with Crippen LogP contribution in [-0.4, -0.2) is 41.7 Å². The van der Waals surface area contributed by atoms with Crippen molar-refractivity contribution in [3.8, 4) is 0 Å². The normalized spacial score (nSPS) is 25.6. The van der Waals surface area contributed by atoms with Crippen molar-refractivity contribution in [2.24, 2.45) is 0 Å². The number of nitrogens with zero attached hydrogens (tertiary/aromatic N) is 1. The average molecular weight is 288 g/mol. The first-order chi connectivity index (χ1) is 10.2. The van der Waals surface area contributed by atoms with Gasteiger partial charge < -0.3 is 15.3 Å². The van der Waals surface area contributed by atoms with Crippen molar-refractivity contribution in [3.05, 3.63) is 35.4 Å². The van der Waals surface area contributed by atoms with E-state index < -0.39 is 0 Å². The molecule has 1 aliphatic carbocycles. The van der Waals surface area contributed by atoms with Gasteiger partial charge in [-0.05, 0) is 36.8 Å². The van der Waals surface area contributed by atoms with Gasteiger partial charge in [0.2, 0.25) is 5.91 Å². The first kappa shape index (κ1) is 14.5. The second-order valence-electron chi connectivity index (χ2n) is 6.20. The van der Waals surface area contributed by atoms with Crippen LogP contribution < -0.4 is 5.32 Å². The third-order valence-electron chi connectivity index (χ3n) is 4.61. The van der Waals surface area contributed by atoms with Gasteiger partial charge in [0.15, 0.2) is 0 Å². The first-order valence-electron chi connectivity index (χ1n) is 8.00. The molecule has 114 valence electrons. The molecule has 2 atom stereocenters. The molecule has 4 nitrogen and oxygen atoms in total. The van der Waals surface area contributed by atoms with E-state index in [-0.39, 0.29) is 18.1 Å². The van der Waals surface area contributed by atoms with Gasteiger partial charge in [-0.25, -0.2) is 0 Å². The lowest BCUT2D eigenvalue weighted by Gasteiger charge is -2.26. The number of carbonyl (C=O) groups is 1. The molecule has 1 heterocycles. The summed E-state index contributed by atoms with van der Waals surface area (Å²) in [5, 5.41) is 12.7. The van der Waals surface area contributed by atoms with Gasteiger partial charge in [-0.15, -0.1) is 0 Å². The van der Waals surface area contributed by atoms with Crippen LogP contribution in [0.2, 0.25) is 0 Å². The highest BCUT2D eigenvalue weighted by molar-refractivity contribution is 5.76. The van der Waals surface area contributed by atoms with Crippen LogP contribution >= 0.6 is 0 Å². The molecule has 0 aromatic heterocycles. The molecule has 4 heteroatoms. The Morgan fingerprint density at radius 3 is 3.00 bits per heavy atom. The third kappa shape index (κ3) is 3.63. The molecular formula is C17H24N2O2. The predicted molar refractivity (Wildman–Crippen MR) is 81.9 cm³/mol. The van der Waals surface area contributed by atoms with Gasteiger partial charge in [0, 0.05) is 26.1 Å². The van der Waals surface area contributed by atoms with Gasteiger partial charge >= 0.3 is 0 Å². The summed E-state index contributed by atoms with van der Waals surface area (Å²) in [7, 11) is 0. The van der Waals surface area contributed by atoms with Crippen molar-refractivity contribution in [1.29, 1.82) is 0 Å². The molecule has 0 radical (unpaired) electrons. The number of rotatable bonds is 4. The van der Waals surface area contributed by atoms with E-state index in [4.69, 9.17) is 0 Å². The zero-order chi connectivity index (χ0) is 14.7. The molecule has 2 N–H and O–H groups in total. The summed E-state index contributed by atoms with van der Waals surface area (Å²) >= 11 is 0. The molecule has 1 aromatic carbocycles. The van der Waals surface area contributed by atoms with E-state index in [1.807, 2.05) is 0 Å². The van der Waals surface area contributed by atoms with Gasteiger partial charge in [-0.3, -0.25) is 4.79 Å². The van der Waals surface area contributed by atoms with E-state index in [0.717, 1.165) is 38.8 Å². The summed E-state index contributed by atoms with van der Waals surface area (Å²) < 4.78 is 0. The Balaban J connectivity index is 1.51. The zero-order valence-electron chi connectivity index (χ0n) is 12.4. The van der Waals surface area contributed by atoms with Crippen molar-refractivity contribution < 1.29 is 9.90 Å². The van der Waals surface area contributed by atoms with Gasteiger partial charge in [-0.2, -0.15) is 0 Å². The number of hydrogen-bond donors (Lipinski definition) is 2. The summed E-state index contributed by atoms with van der Waals surface area (Å²) in [5.74, 6) is 0.123. The van der Waals surface area contributed by atoms with E-state index in [0.29, 0.717) is 13.0 Å².